The molecule has 0 aliphatic heterocycles. The maximum absolute atomic E-state index is 10.4. The summed E-state index contributed by atoms with van der Waals surface area (Å²) in [5, 5.41) is 10.4. The van der Waals surface area contributed by atoms with Crippen LogP contribution in [0.3, 0.4) is 0 Å². The molecule has 5 rings (SSSR count). The molecule has 0 saturated heterocycles. The van der Waals surface area contributed by atoms with Gasteiger partial charge in [-0.25, -0.2) is 15.0 Å². The third-order valence-electron chi connectivity index (χ3n) is 7.00. The molecule has 0 fully saturated rings. The summed E-state index contributed by atoms with van der Waals surface area (Å²) in [7, 11) is 1.70. The summed E-state index contributed by atoms with van der Waals surface area (Å²) >= 11 is 0. The normalized spacial score (nSPS) is 11.8. The van der Waals surface area contributed by atoms with Gasteiger partial charge >= 0.3 is 7.48 Å². The Labute approximate surface area is 230 Å². The standard InChI is InChI=1S/C33H31BN3O2/c1-32(2,38)33(3,4)39-34-28-20-12-18-26(22-28)25-17-11-19-27(21-25)31-36-29(23-13-7-5-8-14-23)35-30(37-31)24-15-9-6-10-16-24/h5-22,38H,1-4H3. The van der Waals surface area contributed by atoms with E-state index in [1.54, 1.807) is 21.3 Å². The lowest BCUT2D eigenvalue weighted by Crippen LogP contribution is -2.49. The second kappa shape index (κ2) is 10.9. The SMILES string of the molecule is CC(C)(O)C(C)(C)O[B]c1cccc(-c2cccc(-c3nc(-c4ccccc4)nc(-c4ccccc4)n3)c2)c1. The quantitative estimate of drug-likeness (QED) is 0.246. The van der Waals surface area contributed by atoms with Gasteiger partial charge in [-0.05, 0) is 44.9 Å². The van der Waals surface area contributed by atoms with E-state index in [2.05, 4.69) is 24.3 Å². The summed E-state index contributed by atoms with van der Waals surface area (Å²) in [4.78, 5) is 14.5. The highest BCUT2D eigenvalue weighted by molar-refractivity contribution is 6.47. The van der Waals surface area contributed by atoms with Crippen LogP contribution in [0.4, 0.5) is 0 Å². The molecular weight excluding hydrogens is 481 g/mol. The molecule has 0 aliphatic carbocycles. The summed E-state index contributed by atoms with van der Waals surface area (Å²) in [6.07, 6.45) is 0. The van der Waals surface area contributed by atoms with Gasteiger partial charge in [0.1, 0.15) is 0 Å². The highest BCUT2D eigenvalue weighted by atomic mass is 16.5. The summed E-state index contributed by atoms with van der Waals surface area (Å²) in [6, 6.07) is 36.3. The van der Waals surface area contributed by atoms with Crippen molar-refractivity contribution in [3.8, 4) is 45.3 Å². The minimum atomic E-state index is -0.989. The number of aromatic nitrogens is 3. The molecule has 1 heterocycles. The van der Waals surface area contributed by atoms with E-state index in [4.69, 9.17) is 19.6 Å². The Morgan fingerprint density at radius 2 is 0.974 bits per heavy atom. The maximum Gasteiger partial charge on any atom is 0.330 e. The van der Waals surface area contributed by atoms with Crippen LogP contribution in [0.2, 0.25) is 0 Å². The number of rotatable bonds is 8. The van der Waals surface area contributed by atoms with E-state index in [0.29, 0.717) is 17.5 Å². The first-order valence-electron chi connectivity index (χ1n) is 13.0. The van der Waals surface area contributed by atoms with E-state index in [1.807, 2.05) is 98.8 Å². The summed E-state index contributed by atoms with van der Waals surface area (Å²) in [6.45, 7) is 7.24. The lowest BCUT2D eigenvalue weighted by Gasteiger charge is -2.37. The molecule has 1 radical (unpaired) electrons. The van der Waals surface area contributed by atoms with E-state index in [9.17, 15) is 5.11 Å². The van der Waals surface area contributed by atoms with Crippen molar-refractivity contribution in [1.82, 2.24) is 15.0 Å². The minimum Gasteiger partial charge on any atom is -0.427 e. The Balaban J connectivity index is 1.50. The zero-order chi connectivity index (χ0) is 27.5. The van der Waals surface area contributed by atoms with E-state index < -0.39 is 11.2 Å². The van der Waals surface area contributed by atoms with Gasteiger partial charge in [0.25, 0.3) is 0 Å². The molecule has 4 aromatic carbocycles. The number of benzene rings is 4. The maximum atomic E-state index is 10.4. The van der Waals surface area contributed by atoms with Crippen LogP contribution >= 0.6 is 0 Å². The molecule has 193 valence electrons. The van der Waals surface area contributed by atoms with E-state index in [0.717, 1.165) is 33.3 Å². The van der Waals surface area contributed by atoms with Gasteiger partial charge < -0.3 is 9.76 Å². The van der Waals surface area contributed by atoms with Crippen molar-refractivity contribution in [3.63, 3.8) is 0 Å². The molecule has 1 N–H and O–H groups in total. The van der Waals surface area contributed by atoms with Crippen molar-refractivity contribution in [3.05, 3.63) is 109 Å². The molecule has 0 spiro atoms. The highest BCUT2D eigenvalue weighted by Gasteiger charge is 2.35. The molecule has 6 heteroatoms. The minimum absolute atomic E-state index is 0.613. The molecule has 0 atom stereocenters. The highest BCUT2D eigenvalue weighted by Crippen LogP contribution is 2.28. The first kappa shape index (κ1) is 26.5. The second-order valence-corrected chi connectivity index (χ2v) is 10.5. The molecule has 5 nitrogen and oxygen atoms in total. The fraction of sp³-hybridized carbons (Fsp3) is 0.182. The molecule has 0 amide bonds. The molecule has 0 aliphatic rings. The second-order valence-electron chi connectivity index (χ2n) is 10.5. The van der Waals surface area contributed by atoms with Crippen molar-refractivity contribution in [2.24, 2.45) is 0 Å². The third kappa shape index (κ3) is 6.14. The van der Waals surface area contributed by atoms with Gasteiger partial charge in [-0.15, -0.1) is 0 Å². The summed E-state index contributed by atoms with van der Waals surface area (Å²) in [5.74, 6) is 1.88. The van der Waals surface area contributed by atoms with Gasteiger partial charge in [0, 0.05) is 16.7 Å². The number of aliphatic hydroxyl groups is 1. The average molecular weight is 512 g/mol. The van der Waals surface area contributed by atoms with Crippen LogP contribution in [0.1, 0.15) is 27.7 Å². The Bertz CT molecular complexity index is 1510. The number of hydrogen-bond acceptors (Lipinski definition) is 5. The molecule has 5 aromatic rings. The average Bonchev–Trinajstić information content (AvgIpc) is 2.96. The number of hydrogen-bond donors (Lipinski definition) is 1. The van der Waals surface area contributed by atoms with Crippen LogP contribution in [0.15, 0.2) is 109 Å². The number of nitrogens with zero attached hydrogens (tertiary/aromatic N) is 3. The molecule has 0 bridgehead atoms. The van der Waals surface area contributed by atoms with Crippen molar-refractivity contribution in [1.29, 1.82) is 0 Å². The summed E-state index contributed by atoms with van der Waals surface area (Å²) in [5.41, 5.74) is 4.03. The smallest absolute Gasteiger partial charge is 0.330 e. The molecule has 1 aromatic heterocycles. The monoisotopic (exact) mass is 512 g/mol. The van der Waals surface area contributed by atoms with Crippen LogP contribution in [-0.2, 0) is 4.65 Å². The van der Waals surface area contributed by atoms with Crippen molar-refractivity contribution < 1.29 is 9.76 Å². The van der Waals surface area contributed by atoms with E-state index >= 15 is 0 Å². The molecular formula is C33H31BN3O2. The van der Waals surface area contributed by atoms with Crippen molar-refractivity contribution >= 4 is 12.9 Å². The van der Waals surface area contributed by atoms with Gasteiger partial charge in [0.15, 0.2) is 17.5 Å². The fourth-order valence-electron chi connectivity index (χ4n) is 3.93. The molecule has 0 unspecified atom stereocenters. The van der Waals surface area contributed by atoms with Gasteiger partial charge in [-0.3, -0.25) is 0 Å². The predicted molar refractivity (Wildman–Crippen MR) is 158 cm³/mol. The lowest BCUT2D eigenvalue weighted by molar-refractivity contribution is -0.0893. The van der Waals surface area contributed by atoms with Gasteiger partial charge in [0.2, 0.25) is 0 Å². The largest absolute Gasteiger partial charge is 0.427 e. The first-order valence-corrected chi connectivity index (χ1v) is 13.0. The fourth-order valence-corrected chi connectivity index (χ4v) is 3.93. The van der Waals surface area contributed by atoms with Crippen LogP contribution in [0, 0.1) is 0 Å². The molecule has 39 heavy (non-hydrogen) atoms. The van der Waals surface area contributed by atoms with Crippen molar-refractivity contribution in [2.75, 3.05) is 0 Å². The van der Waals surface area contributed by atoms with Gasteiger partial charge in [-0.1, -0.05) is 109 Å². The third-order valence-corrected chi connectivity index (χ3v) is 7.00. The lowest BCUT2D eigenvalue weighted by atomic mass is 9.81. The van der Waals surface area contributed by atoms with Crippen LogP contribution in [0.25, 0.3) is 45.3 Å². The van der Waals surface area contributed by atoms with E-state index in [-0.39, 0.29) is 0 Å². The van der Waals surface area contributed by atoms with Crippen LogP contribution in [0.5, 0.6) is 0 Å². The summed E-state index contributed by atoms with van der Waals surface area (Å²) < 4.78 is 5.97. The Morgan fingerprint density at radius 3 is 1.51 bits per heavy atom. The van der Waals surface area contributed by atoms with Crippen molar-refractivity contribution in [2.45, 2.75) is 38.9 Å². The molecule has 0 saturated carbocycles. The van der Waals surface area contributed by atoms with Crippen LogP contribution in [-0.4, -0.2) is 38.7 Å². The predicted octanol–water partition coefficient (Wildman–Crippen LogP) is 6.35. The van der Waals surface area contributed by atoms with Gasteiger partial charge in [0.05, 0.1) is 11.2 Å². The first-order chi connectivity index (χ1) is 18.7. The van der Waals surface area contributed by atoms with E-state index in [1.165, 1.54) is 0 Å². The van der Waals surface area contributed by atoms with Gasteiger partial charge in [-0.2, -0.15) is 0 Å². The Kier molecular flexibility index (Phi) is 7.42. The zero-order valence-corrected chi connectivity index (χ0v) is 22.7. The Hall–Kier alpha value is -4.13. The van der Waals surface area contributed by atoms with Crippen LogP contribution < -0.4 is 5.46 Å². The Morgan fingerprint density at radius 1 is 0.538 bits per heavy atom. The zero-order valence-electron chi connectivity index (χ0n) is 22.7. The topological polar surface area (TPSA) is 68.1 Å².